The summed E-state index contributed by atoms with van der Waals surface area (Å²) in [5.74, 6) is -0.387. The molecule has 0 unspecified atom stereocenters. The molecule has 0 aliphatic rings. The van der Waals surface area contributed by atoms with Crippen molar-refractivity contribution in [2.24, 2.45) is 0 Å². The lowest BCUT2D eigenvalue weighted by Crippen LogP contribution is -2.23. The zero-order valence-corrected chi connectivity index (χ0v) is 7.40. The van der Waals surface area contributed by atoms with Crippen molar-refractivity contribution >= 4 is 11.6 Å². The van der Waals surface area contributed by atoms with E-state index < -0.39 is 0 Å². The van der Waals surface area contributed by atoms with Crippen LogP contribution in [-0.2, 0) is 11.3 Å². The Hall–Kier alpha value is -1.55. The highest BCUT2D eigenvalue weighted by Gasteiger charge is 2.04. The second kappa shape index (κ2) is 3.91. The van der Waals surface area contributed by atoms with Crippen LogP contribution in [-0.4, -0.2) is 16.2 Å². The highest BCUT2D eigenvalue weighted by Crippen LogP contribution is 2.08. The van der Waals surface area contributed by atoms with Crippen LogP contribution in [0.1, 0.15) is 12.5 Å². The van der Waals surface area contributed by atoms with Gasteiger partial charge in [0.1, 0.15) is 0 Å². The summed E-state index contributed by atoms with van der Waals surface area (Å²) in [5, 5.41) is 9.76. The van der Waals surface area contributed by atoms with Gasteiger partial charge in [-0.05, 0) is 17.7 Å². The number of rotatable bonds is 2. The Morgan fingerprint density at radius 3 is 2.85 bits per heavy atom. The second-order valence-electron chi connectivity index (χ2n) is 2.82. The van der Waals surface area contributed by atoms with Gasteiger partial charge in [-0.25, -0.2) is 5.06 Å². The molecule has 0 aliphatic carbocycles. The third-order valence-corrected chi connectivity index (χ3v) is 1.65. The van der Waals surface area contributed by atoms with Gasteiger partial charge in [0.15, 0.2) is 0 Å². The minimum absolute atomic E-state index is 0.167. The first-order valence-corrected chi connectivity index (χ1v) is 3.91. The molecule has 0 aromatic heterocycles. The van der Waals surface area contributed by atoms with Crippen molar-refractivity contribution in [2.75, 3.05) is 5.73 Å². The summed E-state index contributed by atoms with van der Waals surface area (Å²) in [6, 6.07) is 7.03. The van der Waals surface area contributed by atoms with Crippen molar-refractivity contribution < 1.29 is 10.0 Å². The van der Waals surface area contributed by atoms with Crippen LogP contribution >= 0.6 is 0 Å². The van der Waals surface area contributed by atoms with Crippen LogP contribution in [0.4, 0.5) is 5.69 Å². The van der Waals surface area contributed by atoms with E-state index in [-0.39, 0.29) is 12.5 Å². The van der Waals surface area contributed by atoms with Gasteiger partial charge in [-0.3, -0.25) is 10.0 Å². The number of anilines is 1. The lowest BCUT2D eigenvalue weighted by molar-refractivity contribution is -0.165. The molecule has 1 rings (SSSR count). The van der Waals surface area contributed by atoms with E-state index in [1.165, 1.54) is 6.92 Å². The molecule has 0 radical (unpaired) electrons. The number of amides is 1. The van der Waals surface area contributed by atoms with Crippen molar-refractivity contribution in [3.05, 3.63) is 29.8 Å². The number of benzene rings is 1. The van der Waals surface area contributed by atoms with Crippen molar-refractivity contribution in [1.29, 1.82) is 0 Å². The van der Waals surface area contributed by atoms with Gasteiger partial charge in [0.05, 0.1) is 6.54 Å². The summed E-state index contributed by atoms with van der Waals surface area (Å²) < 4.78 is 0. The summed E-state index contributed by atoms with van der Waals surface area (Å²) in [6.45, 7) is 1.46. The number of nitrogen functional groups attached to an aromatic ring is 1. The Kier molecular flexibility index (Phi) is 2.87. The molecule has 13 heavy (non-hydrogen) atoms. The molecule has 3 N–H and O–H groups in total. The van der Waals surface area contributed by atoms with Crippen LogP contribution in [0.5, 0.6) is 0 Å². The topological polar surface area (TPSA) is 66.6 Å². The Labute approximate surface area is 76.5 Å². The second-order valence-corrected chi connectivity index (χ2v) is 2.82. The number of carbonyl (C=O) groups is 1. The van der Waals surface area contributed by atoms with Gasteiger partial charge < -0.3 is 5.73 Å². The molecule has 0 bridgehead atoms. The standard InChI is InChI=1S/C9H12N2O2/c1-7(12)11(13)6-8-3-2-4-9(10)5-8/h2-5,13H,6,10H2,1H3. The Balaban J connectivity index is 2.69. The summed E-state index contributed by atoms with van der Waals surface area (Å²) >= 11 is 0. The molecule has 4 heteroatoms. The van der Waals surface area contributed by atoms with Crippen molar-refractivity contribution in [2.45, 2.75) is 13.5 Å². The van der Waals surface area contributed by atoms with Crippen LogP contribution in [0.25, 0.3) is 0 Å². The van der Waals surface area contributed by atoms with Crippen LogP contribution in [0.15, 0.2) is 24.3 Å². The number of nitrogens with two attached hydrogens (primary N) is 1. The first-order chi connectivity index (χ1) is 6.09. The molecule has 0 heterocycles. The molecular weight excluding hydrogens is 168 g/mol. The molecule has 0 saturated carbocycles. The van der Waals surface area contributed by atoms with E-state index in [9.17, 15) is 4.79 Å². The number of hydrogen-bond acceptors (Lipinski definition) is 3. The monoisotopic (exact) mass is 180 g/mol. The SMILES string of the molecule is CC(=O)N(O)Cc1cccc(N)c1. The maximum absolute atomic E-state index is 10.7. The average molecular weight is 180 g/mol. The van der Waals surface area contributed by atoms with E-state index in [1.54, 1.807) is 24.3 Å². The smallest absolute Gasteiger partial charge is 0.243 e. The van der Waals surface area contributed by atoms with Gasteiger partial charge >= 0.3 is 0 Å². The van der Waals surface area contributed by atoms with Crippen molar-refractivity contribution in [3.8, 4) is 0 Å². The summed E-state index contributed by atoms with van der Waals surface area (Å²) in [4.78, 5) is 10.7. The summed E-state index contributed by atoms with van der Waals surface area (Å²) in [6.07, 6.45) is 0. The maximum atomic E-state index is 10.7. The largest absolute Gasteiger partial charge is 0.399 e. The van der Waals surface area contributed by atoms with E-state index in [1.807, 2.05) is 0 Å². The molecule has 1 amide bonds. The number of hydrogen-bond donors (Lipinski definition) is 2. The van der Waals surface area contributed by atoms with Crippen LogP contribution in [0, 0.1) is 0 Å². The van der Waals surface area contributed by atoms with Gasteiger partial charge in [-0.1, -0.05) is 12.1 Å². The summed E-state index contributed by atoms with van der Waals surface area (Å²) in [5.41, 5.74) is 6.95. The van der Waals surface area contributed by atoms with Gasteiger partial charge in [-0.15, -0.1) is 0 Å². The van der Waals surface area contributed by atoms with Gasteiger partial charge in [0.25, 0.3) is 0 Å². The molecule has 4 nitrogen and oxygen atoms in total. The first-order valence-electron chi connectivity index (χ1n) is 3.91. The van der Waals surface area contributed by atoms with Gasteiger partial charge in [0, 0.05) is 12.6 Å². The Morgan fingerprint density at radius 2 is 2.31 bits per heavy atom. The molecular formula is C9H12N2O2. The van der Waals surface area contributed by atoms with Crippen LogP contribution in [0.3, 0.4) is 0 Å². The fourth-order valence-electron chi connectivity index (χ4n) is 0.976. The minimum Gasteiger partial charge on any atom is -0.399 e. The number of hydroxylamine groups is 2. The minimum atomic E-state index is -0.387. The van der Waals surface area contributed by atoms with Gasteiger partial charge in [0.2, 0.25) is 5.91 Å². The average Bonchev–Trinajstić information content (AvgIpc) is 2.04. The summed E-state index contributed by atoms with van der Waals surface area (Å²) in [7, 11) is 0. The van der Waals surface area contributed by atoms with E-state index in [0.717, 1.165) is 5.56 Å². The lowest BCUT2D eigenvalue weighted by Gasteiger charge is -2.12. The zero-order chi connectivity index (χ0) is 9.84. The normalized spacial score (nSPS) is 9.69. The zero-order valence-electron chi connectivity index (χ0n) is 7.40. The van der Waals surface area contributed by atoms with Crippen molar-refractivity contribution in [1.82, 2.24) is 5.06 Å². The predicted octanol–water partition coefficient (Wildman–Crippen LogP) is 1.01. The fraction of sp³-hybridized carbons (Fsp3) is 0.222. The molecule has 0 aliphatic heterocycles. The molecule has 70 valence electrons. The molecule has 1 aromatic rings. The van der Waals surface area contributed by atoms with Crippen LogP contribution in [0.2, 0.25) is 0 Å². The van der Waals surface area contributed by atoms with Crippen LogP contribution < -0.4 is 5.73 Å². The fourth-order valence-corrected chi connectivity index (χ4v) is 0.976. The third kappa shape index (κ3) is 2.76. The first kappa shape index (κ1) is 9.54. The van der Waals surface area contributed by atoms with E-state index in [4.69, 9.17) is 10.9 Å². The van der Waals surface area contributed by atoms with Gasteiger partial charge in [-0.2, -0.15) is 0 Å². The molecule has 0 fully saturated rings. The highest BCUT2D eigenvalue weighted by atomic mass is 16.5. The quantitative estimate of drug-likeness (QED) is 0.405. The molecule has 0 atom stereocenters. The molecule has 0 spiro atoms. The van der Waals surface area contributed by atoms with E-state index in [2.05, 4.69) is 0 Å². The lowest BCUT2D eigenvalue weighted by atomic mass is 10.2. The van der Waals surface area contributed by atoms with Crippen molar-refractivity contribution in [3.63, 3.8) is 0 Å². The Bertz CT molecular complexity index is 312. The molecule has 1 aromatic carbocycles. The highest BCUT2D eigenvalue weighted by molar-refractivity contribution is 5.71. The van der Waals surface area contributed by atoms with E-state index in [0.29, 0.717) is 10.8 Å². The maximum Gasteiger partial charge on any atom is 0.243 e. The van der Waals surface area contributed by atoms with E-state index >= 15 is 0 Å². The third-order valence-electron chi connectivity index (χ3n) is 1.65. The molecule has 0 saturated heterocycles. The number of nitrogens with zero attached hydrogens (tertiary/aromatic N) is 1. The predicted molar refractivity (Wildman–Crippen MR) is 48.9 cm³/mol. The number of carbonyl (C=O) groups excluding carboxylic acids is 1. The Morgan fingerprint density at radius 1 is 1.62 bits per heavy atom.